The third-order valence-corrected chi connectivity index (χ3v) is 4.61. The number of furan rings is 1. The van der Waals surface area contributed by atoms with Crippen LogP contribution in [0.25, 0.3) is 6.08 Å². The van der Waals surface area contributed by atoms with Crippen LogP contribution in [0.4, 0.5) is 0 Å². The molecule has 0 aliphatic rings. The first-order valence-electron chi connectivity index (χ1n) is 8.58. The van der Waals surface area contributed by atoms with Gasteiger partial charge in [-0.15, -0.1) is 11.8 Å². The van der Waals surface area contributed by atoms with E-state index in [-0.39, 0.29) is 24.1 Å². The van der Waals surface area contributed by atoms with Gasteiger partial charge in [0.15, 0.2) is 0 Å². The lowest BCUT2D eigenvalue weighted by molar-refractivity contribution is -0.140. The molecule has 0 aliphatic heterocycles. The molecule has 2 N–H and O–H groups in total. The summed E-state index contributed by atoms with van der Waals surface area (Å²) in [5.41, 5.74) is 5.82. The van der Waals surface area contributed by atoms with Crippen LogP contribution in [-0.4, -0.2) is 30.6 Å². The SMILES string of the molecule is COC(=O)CCc1ccc(/C=C/C(=O)NNC(=O)CSc2ccc(C)cc2)o1. The summed E-state index contributed by atoms with van der Waals surface area (Å²) < 4.78 is 10.1. The van der Waals surface area contributed by atoms with Crippen LogP contribution in [0.3, 0.4) is 0 Å². The van der Waals surface area contributed by atoms with Crippen molar-refractivity contribution < 1.29 is 23.5 Å². The number of rotatable bonds is 8. The van der Waals surface area contributed by atoms with E-state index < -0.39 is 5.91 Å². The zero-order valence-corrected chi connectivity index (χ0v) is 16.5. The zero-order chi connectivity index (χ0) is 20.4. The highest BCUT2D eigenvalue weighted by Gasteiger charge is 2.06. The number of hydrogen-bond acceptors (Lipinski definition) is 6. The Morgan fingerprint density at radius 1 is 1.11 bits per heavy atom. The molecule has 2 rings (SSSR count). The number of ether oxygens (including phenoxy) is 1. The molecular weight excluding hydrogens is 380 g/mol. The topological polar surface area (TPSA) is 97.6 Å². The number of esters is 1. The Morgan fingerprint density at radius 3 is 2.57 bits per heavy atom. The molecule has 0 unspecified atom stereocenters. The molecule has 0 spiro atoms. The summed E-state index contributed by atoms with van der Waals surface area (Å²) in [4.78, 5) is 35.6. The molecule has 1 aromatic heterocycles. The molecule has 2 amide bonds. The maximum absolute atomic E-state index is 11.8. The fourth-order valence-electron chi connectivity index (χ4n) is 2.10. The molecule has 0 bridgehead atoms. The van der Waals surface area contributed by atoms with Crippen molar-refractivity contribution >= 4 is 35.6 Å². The van der Waals surface area contributed by atoms with E-state index in [1.165, 1.54) is 31.0 Å². The fourth-order valence-corrected chi connectivity index (χ4v) is 2.79. The molecule has 0 saturated heterocycles. The molecule has 0 aliphatic carbocycles. The monoisotopic (exact) mass is 402 g/mol. The van der Waals surface area contributed by atoms with Crippen molar-refractivity contribution in [2.24, 2.45) is 0 Å². The summed E-state index contributed by atoms with van der Waals surface area (Å²) in [6.45, 7) is 2.00. The molecule has 0 fully saturated rings. The lowest BCUT2D eigenvalue weighted by Crippen LogP contribution is -2.41. The molecule has 0 saturated carbocycles. The van der Waals surface area contributed by atoms with Crippen molar-refractivity contribution in [1.29, 1.82) is 0 Å². The molecule has 1 heterocycles. The minimum absolute atomic E-state index is 0.189. The number of benzene rings is 1. The Hall–Kier alpha value is -3.00. The molecule has 0 radical (unpaired) electrons. The van der Waals surface area contributed by atoms with Gasteiger partial charge in [-0.3, -0.25) is 25.2 Å². The van der Waals surface area contributed by atoms with Crippen molar-refractivity contribution in [1.82, 2.24) is 10.9 Å². The van der Waals surface area contributed by atoms with Crippen molar-refractivity contribution in [3.63, 3.8) is 0 Å². The van der Waals surface area contributed by atoms with Gasteiger partial charge in [-0.25, -0.2) is 0 Å². The van der Waals surface area contributed by atoms with Gasteiger partial charge in [0.1, 0.15) is 11.5 Å². The van der Waals surface area contributed by atoms with Crippen molar-refractivity contribution in [2.75, 3.05) is 12.9 Å². The molecule has 7 nitrogen and oxygen atoms in total. The summed E-state index contributed by atoms with van der Waals surface area (Å²) in [5, 5.41) is 0. The Kier molecular flexibility index (Phi) is 8.36. The number of thioether (sulfide) groups is 1. The lowest BCUT2D eigenvalue weighted by atomic mass is 10.2. The van der Waals surface area contributed by atoms with Crippen LogP contribution in [0, 0.1) is 6.92 Å². The molecule has 2 aromatic rings. The zero-order valence-electron chi connectivity index (χ0n) is 15.7. The van der Waals surface area contributed by atoms with Gasteiger partial charge in [-0.1, -0.05) is 17.7 Å². The summed E-state index contributed by atoms with van der Waals surface area (Å²) in [7, 11) is 1.33. The van der Waals surface area contributed by atoms with E-state index in [0.29, 0.717) is 17.9 Å². The van der Waals surface area contributed by atoms with E-state index >= 15 is 0 Å². The van der Waals surface area contributed by atoms with Gasteiger partial charge in [0, 0.05) is 17.4 Å². The van der Waals surface area contributed by atoms with E-state index in [4.69, 9.17) is 4.42 Å². The fraction of sp³-hybridized carbons (Fsp3) is 0.250. The molecule has 0 atom stereocenters. The number of carbonyl (C=O) groups excluding carboxylic acids is 3. The van der Waals surface area contributed by atoms with Crippen LogP contribution in [0.5, 0.6) is 0 Å². The molecule has 148 valence electrons. The molecule has 8 heteroatoms. The highest BCUT2D eigenvalue weighted by molar-refractivity contribution is 8.00. The van der Waals surface area contributed by atoms with Crippen LogP contribution < -0.4 is 10.9 Å². The largest absolute Gasteiger partial charge is 0.469 e. The average molecular weight is 402 g/mol. The van der Waals surface area contributed by atoms with Gasteiger partial charge in [-0.05, 0) is 37.3 Å². The minimum atomic E-state index is -0.485. The second-order valence-electron chi connectivity index (χ2n) is 5.85. The van der Waals surface area contributed by atoms with E-state index in [0.717, 1.165) is 10.5 Å². The average Bonchev–Trinajstić information content (AvgIpc) is 3.16. The number of hydrogen-bond donors (Lipinski definition) is 2. The van der Waals surface area contributed by atoms with Gasteiger partial charge < -0.3 is 9.15 Å². The number of hydrazine groups is 1. The van der Waals surface area contributed by atoms with E-state index in [1.54, 1.807) is 12.1 Å². The molecule has 28 heavy (non-hydrogen) atoms. The third-order valence-electron chi connectivity index (χ3n) is 3.60. The first-order chi connectivity index (χ1) is 13.5. The number of aryl methyl sites for hydroxylation is 2. The quantitative estimate of drug-likeness (QED) is 0.305. The summed E-state index contributed by atoms with van der Waals surface area (Å²) in [6.07, 6.45) is 3.36. The predicted molar refractivity (Wildman–Crippen MR) is 106 cm³/mol. The number of nitrogens with one attached hydrogen (secondary N) is 2. The third kappa shape index (κ3) is 7.71. The van der Waals surface area contributed by atoms with Crippen molar-refractivity contribution in [3.05, 3.63) is 59.6 Å². The van der Waals surface area contributed by atoms with Gasteiger partial charge in [0.05, 0.1) is 19.3 Å². The maximum Gasteiger partial charge on any atom is 0.305 e. The summed E-state index contributed by atoms with van der Waals surface area (Å²) in [6, 6.07) is 11.2. The van der Waals surface area contributed by atoms with Crippen LogP contribution >= 0.6 is 11.8 Å². The van der Waals surface area contributed by atoms with Crippen molar-refractivity contribution in [2.45, 2.75) is 24.7 Å². The van der Waals surface area contributed by atoms with Crippen LogP contribution in [-0.2, 0) is 25.5 Å². The predicted octanol–water partition coefficient (Wildman–Crippen LogP) is 2.65. The summed E-state index contributed by atoms with van der Waals surface area (Å²) >= 11 is 1.38. The van der Waals surface area contributed by atoms with Gasteiger partial charge >= 0.3 is 5.97 Å². The normalized spacial score (nSPS) is 10.6. The highest BCUT2D eigenvalue weighted by Crippen LogP contribution is 2.17. The van der Waals surface area contributed by atoms with Crippen LogP contribution in [0.15, 0.2) is 51.8 Å². The van der Waals surface area contributed by atoms with Gasteiger partial charge in [-0.2, -0.15) is 0 Å². The van der Waals surface area contributed by atoms with E-state index in [2.05, 4.69) is 15.6 Å². The second-order valence-corrected chi connectivity index (χ2v) is 6.90. The Balaban J connectivity index is 1.69. The lowest BCUT2D eigenvalue weighted by Gasteiger charge is -2.05. The first-order valence-corrected chi connectivity index (χ1v) is 9.56. The Labute approximate surface area is 167 Å². The smallest absolute Gasteiger partial charge is 0.305 e. The molecular formula is C20H22N2O5S. The van der Waals surface area contributed by atoms with Crippen LogP contribution in [0.1, 0.15) is 23.5 Å². The number of carbonyl (C=O) groups is 3. The first kappa shape index (κ1) is 21.3. The van der Waals surface area contributed by atoms with Gasteiger partial charge in [0.25, 0.3) is 5.91 Å². The maximum atomic E-state index is 11.8. The van der Waals surface area contributed by atoms with Crippen molar-refractivity contribution in [3.8, 4) is 0 Å². The van der Waals surface area contributed by atoms with E-state index in [1.807, 2.05) is 31.2 Å². The number of amides is 2. The standard InChI is InChI=1S/C20H22N2O5S/c1-14-3-9-17(10-4-14)28-13-19(24)22-21-18(23)11-7-15-5-6-16(27-15)8-12-20(25)26-2/h3-7,9-11H,8,12-13H2,1-2H3,(H,21,23)(H,22,24)/b11-7+. The molecule has 1 aromatic carbocycles. The Bertz CT molecular complexity index is 843. The minimum Gasteiger partial charge on any atom is -0.469 e. The second kappa shape index (κ2) is 11.0. The number of methoxy groups -OCH3 is 1. The van der Waals surface area contributed by atoms with Gasteiger partial charge in [0.2, 0.25) is 5.91 Å². The highest BCUT2D eigenvalue weighted by atomic mass is 32.2. The summed E-state index contributed by atoms with van der Waals surface area (Å²) in [5.74, 6) is 0.165. The van der Waals surface area contributed by atoms with Crippen LogP contribution in [0.2, 0.25) is 0 Å². The van der Waals surface area contributed by atoms with E-state index in [9.17, 15) is 14.4 Å². The Morgan fingerprint density at radius 2 is 1.86 bits per heavy atom.